The molecule has 124 valence electrons. The molecule has 0 spiro atoms. The molecule has 1 aromatic rings. The number of likely N-dealkylation sites (tertiary alicyclic amines) is 1. The summed E-state index contributed by atoms with van der Waals surface area (Å²) in [5.74, 6) is 0.457. The van der Waals surface area contributed by atoms with Crippen LogP contribution in [-0.2, 0) is 4.79 Å². The van der Waals surface area contributed by atoms with E-state index < -0.39 is 5.41 Å². The lowest BCUT2D eigenvalue weighted by Crippen LogP contribution is -2.50. The highest BCUT2D eigenvalue weighted by molar-refractivity contribution is 9.10. The number of hydrogen-bond donors (Lipinski definition) is 2. The highest BCUT2D eigenvalue weighted by Crippen LogP contribution is 2.45. The van der Waals surface area contributed by atoms with Crippen molar-refractivity contribution in [2.24, 2.45) is 17.1 Å². The van der Waals surface area contributed by atoms with Crippen LogP contribution in [0.4, 0.5) is 10.5 Å². The van der Waals surface area contributed by atoms with Gasteiger partial charge in [0.05, 0.1) is 11.1 Å². The van der Waals surface area contributed by atoms with Crippen molar-refractivity contribution in [3.8, 4) is 0 Å². The number of anilines is 1. The number of rotatable bonds is 4. The Balaban J connectivity index is 1.60. The van der Waals surface area contributed by atoms with Crippen LogP contribution >= 0.6 is 15.9 Å². The van der Waals surface area contributed by atoms with Crippen LogP contribution in [0.5, 0.6) is 0 Å². The molecule has 23 heavy (non-hydrogen) atoms. The first-order chi connectivity index (χ1) is 11.0. The third-order valence-electron chi connectivity index (χ3n) is 5.02. The van der Waals surface area contributed by atoms with Crippen molar-refractivity contribution in [1.82, 2.24) is 4.90 Å². The van der Waals surface area contributed by atoms with Gasteiger partial charge in [0.1, 0.15) is 0 Å². The number of nitrogens with zero attached hydrogens (tertiary/aromatic N) is 1. The van der Waals surface area contributed by atoms with E-state index in [1.54, 1.807) is 4.90 Å². The number of primary amides is 1. The number of carbonyl (C=O) groups is 2. The highest BCUT2D eigenvalue weighted by Gasteiger charge is 2.44. The average Bonchev–Trinajstić information content (AvgIpc) is 3.34. The summed E-state index contributed by atoms with van der Waals surface area (Å²) < 4.78 is 0.852. The van der Waals surface area contributed by atoms with E-state index in [4.69, 9.17) is 5.73 Å². The summed E-state index contributed by atoms with van der Waals surface area (Å²) in [4.78, 5) is 26.1. The molecule has 1 saturated heterocycles. The van der Waals surface area contributed by atoms with E-state index >= 15 is 0 Å². The zero-order valence-electron chi connectivity index (χ0n) is 13.1. The van der Waals surface area contributed by atoms with Gasteiger partial charge in [0, 0.05) is 17.6 Å². The van der Waals surface area contributed by atoms with E-state index in [-0.39, 0.29) is 11.9 Å². The molecule has 0 aromatic heterocycles. The Bertz CT molecular complexity index is 608. The highest BCUT2D eigenvalue weighted by atomic mass is 79.9. The Kier molecular flexibility index (Phi) is 4.62. The molecule has 1 saturated carbocycles. The molecule has 0 atom stereocenters. The predicted octanol–water partition coefficient (Wildman–Crippen LogP) is 3.35. The summed E-state index contributed by atoms with van der Waals surface area (Å²) in [5, 5.41) is 2.91. The monoisotopic (exact) mass is 379 g/mol. The van der Waals surface area contributed by atoms with Gasteiger partial charge in [-0.25, -0.2) is 4.79 Å². The molecule has 2 fully saturated rings. The Morgan fingerprint density at radius 1 is 1.26 bits per heavy atom. The summed E-state index contributed by atoms with van der Waals surface area (Å²) in [7, 11) is 0. The first-order valence-electron chi connectivity index (χ1n) is 8.10. The van der Waals surface area contributed by atoms with Gasteiger partial charge >= 0.3 is 6.03 Å². The van der Waals surface area contributed by atoms with E-state index in [1.807, 2.05) is 24.3 Å². The molecule has 2 aliphatic rings. The van der Waals surface area contributed by atoms with E-state index in [9.17, 15) is 9.59 Å². The molecular formula is C17H22BrN3O2. The van der Waals surface area contributed by atoms with Crippen molar-refractivity contribution >= 4 is 33.6 Å². The second kappa shape index (κ2) is 6.51. The molecule has 5 nitrogen and oxygen atoms in total. The molecule has 3 rings (SSSR count). The maximum atomic E-state index is 12.4. The van der Waals surface area contributed by atoms with Gasteiger partial charge in [0.15, 0.2) is 0 Å². The van der Waals surface area contributed by atoms with E-state index in [0.717, 1.165) is 16.6 Å². The van der Waals surface area contributed by atoms with E-state index in [1.165, 1.54) is 12.8 Å². The number of piperidine rings is 1. The van der Waals surface area contributed by atoms with E-state index in [0.29, 0.717) is 31.8 Å². The minimum atomic E-state index is -0.411. The summed E-state index contributed by atoms with van der Waals surface area (Å²) in [6, 6.07) is 7.40. The fourth-order valence-corrected chi connectivity index (χ4v) is 3.70. The lowest BCUT2D eigenvalue weighted by atomic mass is 9.73. The van der Waals surface area contributed by atoms with Crippen LogP contribution in [0.15, 0.2) is 28.7 Å². The minimum absolute atomic E-state index is 0.124. The summed E-state index contributed by atoms with van der Waals surface area (Å²) in [6.45, 7) is 1.15. The van der Waals surface area contributed by atoms with Crippen molar-refractivity contribution in [2.75, 3.05) is 18.4 Å². The number of amides is 3. The number of urea groups is 1. The van der Waals surface area contributed by atoms with Gasteiger partial charge in [0.25, 0.3) is 0 Å². The Morgan fingerprint density at radius 2 is 1.91 bits per heavy atom. The number of para-hydroxylation sites is 1. The van der Waals surface area contributed by atoms with Crippen LogP contribution < -0.4 is 11.1 Å². The number of nitrogens with one attached hydrogen (secondary N) is 1. The SMILES string of the molecule is NC(=O)C1(CC2CC2)CCN(C(=O)Nc2ccccc2Br)CC1. The van der Waals surface area contributed by atoms with Gasteiger partial charge < -0.3 is 16.0 Å². The normalized spacial score (nSPS) is 20.1. The molecule has 1 heterocycles. The third-order valence-corrected chi connectivity index (χ3v) is 5.71. The van der Waals surface area contributed by atoms with Crippen molar-refractivity contribution in [1.29, 1.82) is 0 Å². The van der Waals surface area contributed by atoms with Crippen molar-refractivity contribution in [3.63, 3.8) is 0 Å². The predicted molar refractivity (Wildman–Crippen MR) is 92.9 cm³/mol. The van der Waals surface area contributed by atoms with Gasteiger partial charge in [-0.05, 0) is 53.2 Å². The number of nitrogens with two attached hydrogens (primary N) is 1. The Hall–Kier alpha value is -1.56. The number of halogens is 1. The quantitative estimate of drug-likeness (QED) is 0.841. The first-order valence-corrected chi connectivity index (χ1v) is 8.90. The van der Waals surface area contributed by atoms with Gasteiger partial charge in [-0.15, -0.1) is 0 Å². The Morgan fingerprint density at radius 3 is 2.48 bits per heavy atom. The lowest BCUT2D eigenvalue weighted by Gasteiger charge is -2.39. The Labute approximate surface area is 144 Å². The standard InChI is InChI=1S/C17H22BrN3O2/c18-13-3-1-2-4-14(13)20-16(23)21-9-7-17(8-10-21,15(19)22)11-12-5-6-12/h1-4,12H,5-11H2,(H2,19,22)(H,20,23). The lowest BCUT2D eigenvalue weighted by molar-refractivity contribution is -0.130. The van der Waals surface area contributed by atoms with Crippen LogP contribution in [0.3, 0.4) is 0 Å². The van der Waals surface area contributed by atoms with Gasteiger partial charge in [0.2, 0.25) is 5.91 Å². The topological polar surface area (TPSA) is 75.4 Å². The molecule has 1 aromatic carbocycles. The molecule has 1 aliphatic carbocycles. The summed E-state index contributed by atoms with van der Waals surface area (Å²) in [5.41, 5.74) is 6.02. The molecule has 3 N–H and O–H groups in total. The van der Waals surface area contributed by atoms with Crippen LogP contribution in [0.1, 0.15) is 32.1 Å². The van der Waals surface area contributed by atoms with Crippen molar-refractivity contribution in [3.05, 3.63) is 28.7 Å². The maximum absolute atomic E-state index is 12.4. The van der Waals surface area contributed by atoms with Gasteiger partial charge in [-0.3, -0.25) is 4.79 Å². The molecule has 0 radical (unpaired) electrons. The zero-order valence-corrected chi connectivity index (χ0v) is 14.6. The fourth-order valence-electron chi connectivity index (χ4n) is 3.32. The van der Waals surface area contributed by atoms with E-state index in [2.05, 4.69) is 21.2 Å². The minimum Gasteiger partial charge on any atom is -0.369 e. The molecule has 0 bridgehead atoms. The second-order valence-corrected chi connectivity index (χ2v) is 7.54. The fraction of sp³-hybridized carbons (Fsp3) is 0.529. The molecule has 0 unspecified atom stereocenters. The maximum Gasteiger partial charge on any atom is 0.321 e. The zero-order chi connectivity index (χ0) is 16.4. The number of hydrogen-bond acceptors (Lipinski definition) is 2. The molecule has 3 amide bonds. The molecule has 1 aliphatic heterocycles. The van der Waals surface area contributed by atoms with Crippen LogP contribution in [-0.4, -0.2) is 29.9 Å². The first kappa shape index (κ1) is 16.3. The average molecular weight is 380 g/mol. The van der Waals surface area contributed by atoms with Crippen molar-refractivity contribution < 1.29 is 9.59 Å². The van der Waals surface area contributed by atoms with Crippen molar-refractivity contribution in [2.45, 2.75) is 32.1 Å². The molecular weight excluding hydrogens is 358 g/mol. The van der Waals surface area contributed by atoms with Crippen LogP contribution in [0.25, 0.3) is 0 Å². The molecule has 6 heteroatoms. The number of benzene rings is 1. The largest absolute Gasteiger partial charge is 0.369 e. The summed E-state index contributed by atoms with van der Waals surface area (Å²) >= 11 is 3.43. The van der Waals surface area contributed by atoms with Gasteiger partial charge in [-0.1, -0.05) is 25.0 Å². The van der Waals surface area contributed by atoms with Gasteiger partial charge in [-0.2, -0.15) is 0 Å². The van der Waals surface area contributed by atoms with Crippen LogP contribution in [0.2, 0.25) is 0 Å². The smallest absolute Gasteiger partial charge is 0.321 e. The van der Waals surface area contributed by atoms with Crippen LogP contribution in [0, 0.1) is 11.3 Å². The second-order valence-electron chi connectivity index (χ2n) is 6.69. The number of carbonyl (C=O) groups excluding carboxylic acids is 2. The summed E-state index contributed by atoms with van der Waals surface area (Å²) in [6.07, 6.45) is 4.65. The third kappa shape index (κ3) is 3.68.